The van der Waals surface area contributed by atoms with Crippen molar-refractivity contribution < 1.29 is 14.6 Å². The fourth-order valence-electron chi connectivity index (χ4n) is 2.25. The number of carbonyl (C=O) groups is 1. The molecule has 0 amide bonds. The number of ether oxygens (including phenoxy) is 1. The summed E-state index contributed by atoms with van der Waals surface area (Å²) in [5, 5.41) is 13.0. The van der Waals surface area contributed by atoms with Crippen molar-refractivity contribution in [2.75, 3.05) is 7.11 Å². The predicted molar refractivity (Wildman–Crippen MR) is 79.7 cm³/mol. The molecule has 0 heterocycles. The molecular formula is C16H25NO3. The number of esters is 1. The number of benzene rings is 1. The predicted octanol–water partition coefficient (Wildman–Crippen LogP) is 2.69. The van der Waals surface area contributed by atoms with Gasteiger partial charge in [-0.2, -0.15) is 0 Å². The minimum atomic E-state index is -0.306. The third-order valence-electron chi connectivity index (χ3n) is 3.75. The molecule has 2 unspecified atom stereocenters. The van der Waals surface area contributed by atoms with E-state index in [2.05, 4.69) is 12.2 Å². The topological polar surface area (TPSA) is 58.6 Å². The van der Waals surface area contributed by atoms with E-state index in [9.17, 15) is 9.90 Å². The van der Waals surface area contributed by atoms with Gasteiger partial charge in [-0.25, -0.2) is 0 Å². The minimum absolute atomic E-state index is 0.210. The molecular weight excluding hydrogens is 254 g/mol. The Labute approximate surface area is 121 Å². The summed E-state index contributed by atoms with van der Waals surface area (Å²) in [4.78, 5) is 11.8. The third-order valence-corrected chi connectivity index (χ3v) is 3.75. The molecule has 2 atom stereocenters. The van der Waals surface area contributed by atoms with Crippen LogP contribution in [0, 0.1) is 19.8 Å². The Hall–Kier alpha value is -1.55. The van der Waals surface area contributed by atoms with Gasteiger partial charge < -0.3 is 15.2 Å². The highest BCUT2D eigenvalue weighted by molar-refractivity contribution is 5.76. The van der Waals surface area contributed by atoms with Crippen molar-refractivity contribution in [2.45, 2.75) is 46.7 Å². The largest absolute Gasteiger partial charge is 0.507 e. The number of nitrogens with one attached hydrogen (secondary N) is 1. The van der Waals surface area contributed by atoms with E-state index in [0.717, 1.165) is 23.1 Å². The maximum Gasteiger partial charge on any atom is 0.323 e. The monoisotopic (exact) mass is 279 g/mol. The average molecular weight is 279 g/mol. The molecule has 1 aromatic carbocycles. The maximum atomic E-state index is 11.8. The number of methoxy groups -OCH3 is 1. The first-order valence-electron chi connectivity index (χ1n) is 7.01. The zero-order chi connectivity index (χ0) is 15.3. The molecule has 4 nitrogen and oxygen atoms in total. The van der Waals surface area contributed by atoms with Crippen LogP contribution in [0.5, 0.6) is 5.75 Å². The van der Waals surface area contributed by atoms with Crippen LogP contribution in [0.15, 0.2) is 12.1 Å². The molecule has 0 saturated heterocycles. The molecule has 0 aliphatic carbocycles. The molecule has 1 aromatic rings. The van der Waals surface area contributed by atoms with Gasteiger partial charge in [0, 0.05) is 6.54 Å². The number of hydrogen-bond acceptors (Lipinski definition) is 4. The first-order chi connectivity index (χ1) is 9.40. The minimum Gasteiger partial charge on any atom is -0.507 e. The van der Waals surface area contributed by atoms with E-state index in [4.69, 9.17) is 4.74 Å². The summed E-state index contributed by atoms with van der Waals surface area (Å²) in [6.07, 6.45) is 0.903. The highest BCUT2D eigenvalue weighted by atomic mass is 16.5. The van der Waals surface area contributed by atoms with Gasteiger partial charge in [-0.15, -0.1) is 0 Å². The highest BCUT2D eigenvalue weighted by Gasteiger charge is 2.24. The zero-order valence-electron chi connectivity index (χ0n) is 13.0. The number of rotatable bonds is 6. The van der Waals surface area contributed by atoms with Gasteiger partial charge in [-0.1, -0.05) is 32.4 Å². The molecule has 0 spiro atoms. The fraction of sp³-hybridized carbons (Fsp3) is 0.562. The molecule has 0 aliphatic rings. The van der Waals surface area contributed by atoms with Gasteiger partial charge in [0.05, 0.1) is 7.11 Å². The van der Waals surface area contributed by atoms with Gasteiger partial charge >= 0.3 is 5.97 Å². The van der Waals surface area contributed by atoms with Crippen LogP contribution in [0.2, 0.25) is 0 Å². The number of phenols is 1. The Balaban J connectivity index is 2.80. The van der Waals surface area contributed by atoms with Gasteiger partial charge in [0.1, 0.15) is 11.8 Å². The molecule has 20 heavy (non-hydrogen) atoms. The standard InChI is InChI=1S/C16H25NO3/c1-6-10(2)14(16(19)20-5)17-9-13-7-11(3)15(18)12(4)8-13/h7-8,10,14,17-18H,6,9H2,1-5H3. The lowest BCUT2D eigenvalue weighted by atomic mass is 9.98. The number of phenolic OH excluding ortho intramolecular Hbond substituents is 1. The first-order valence-corrected chi connectivity index (χ1v) is 7.01. The van der Waals surface area contributed by atoms with E-state index < -0.39 is 0 Å². The van der Waals surface area contributed by atoms with Crippen molar-refractivity contribution in [3.8, 4) is 5.75 Å². The Morgan fingerprint density at radius 1 is 1.35 bits per heavy atom. The van der Waals surface area contributed by atoms with Crippen LogP contribution >= 0.6 is 0 Å². The van der Waals surface area contributed by atoms with Gasteiger partial charge in [-0.05, 0) is 36.5 Å². The van der Waals surface area contributed by atoms with Gasteiger partial charge in [0.2, 0.25) is 0 Å². The maximum absolute atomic E-state index is 11.8. The van der Waals surface area contributed by atoms with Crippen LogP contribution in [-0.2, 0) is 16.1 Å². The summed E-state index contributed by atoms with van der Waals surface area (Å²) in [7, 11) is 1.41. The SMILES string of the molecule is CCC(C)C(NCc1cc(C)c(O)c(C)c1)C(=O)OC. The van der Waals surface area contributed by atoms with E-state index in [-0.39, 0.29) is 17.9 Å². The van der Waals surface area contributed by atoms with E-state index in [1.54, 1.807) is 0 Å². The number of hydrogen-bond donors (Lipinski definition) is 2. The summed E-state index contributed by atoms with van der Waals surface area (Å²) in [6, 6.07) is 3.56. The van der Waals surface area contributed by atoms with Gasteiger partial charge in [0.25, 0.3) is 0 Å². The Morgan fingerprint density at radius 3 is 2.35 bits per heavy atom. The lowest BCUT2D eigenvalue weighted by Gasteiger charge is -2.22. The van der Waals surface area contributed by atoms with Crippen LogP contribution in [0.25, 0.3) is 0 Å². The molecule has 1 rings (SSSR count). The molecule has 2 N–H and O–H groups in total. The fourth-order valence-corrected chi connectivity index (χ4v) is 2.25. The number of carbonyl (C=O) groups excluding carboxylic acids is 1. The molecule has 0 aromatic heterocycles. The molecule has 0 radical (unpaired) electrons. The molecule has 0 bridgehead atoms. The van der Waals surface area contributed by atoms with E-state index in [1.165, 1.54) is 7.11 Å². The molecule has 112 valence electrons. The second kappa shape index (κ2) is 7.29. The summed E-state index contributed by atoms with van der Waals surface area (Å²) in [6.45, 7) is 8.40. The third kappa shape index (κ3) is 3.97. The average Bonchev–Trinajstić information content (AvgIpc) is 2.43. The molecule has 0 aliphatic heterocycles. The normalized spacial score (nSPS) is 13.8. The van der Waals surface area contributed by atoms with Crippen molar-refractivity contribution in [2.24, 2.45) is 5.92 Å². The van der Waals surface area contributed by atoms with Crippen molar-refractivity contribution in [3.63, 3.8) is 0 Å². The van der Waals surface area contributed by atoms with Crippen LogP contribution < -0.4 is 5.32 Å². The first kappa shape index (κ1) is 16.5. The van der Waals surface area contributed by atoms with Crippen LogP contribution in [0.3, 0.4) is 0 Å². The van der Waals surface area contributed by atoms with Crippen molar-refractivity contribution in [1.82, 2.24) is 5.32 Å². The summed E-state index contributed by atoms with van der Waals surface area (Å²) >= 11 is 0. The molecule has 0 saturated carbocycles. The van der Waals surface area contributed by atoms with Gasteiger partial charge in [0.15, 0.2) is 0 Å². The van der Waals surface area contributed by atoms with Gasteiger partial charge in [-0.3, -0.25) is 4.79 Å². The second-order valence-corrected chi connectivity index (χ2v) is 5.35. The molecule has 0 fully saturated rings. The number of aromatic hydroxyl groups is 1. The Morgan fingerprint density at radius 2 is 1.90 bits per heavy atom. The second-order valence-electron chi connectivity index (χ2n) is 5.35. The van der Waals surface area contributed by atoms with E-state index in [0.29, 0.717) is 12.3 Å². The van der Waals surface area contributed by atoms with E-state index in [1.807, 2.05) is 32.9 Å². The van der Waals surface area contributed by atoms with Crippen molar-refractivity contribution in [3.05, 3.63) is 28.8 Å². The lowest BCUT2D eigenvalue weighted by molar-refractivity contribution is -0.144. The van der Waals surface area contributed by atoms with Crippen LogP contribution in [-0.4, -0.2) is 24.2 Å². The quantitative estimate of drug-likeness (QED) is 0.786. The highest BCUT2D eigenvalue weighted by Crippen LogP contribution is 2.23. The smallest absolute Gasteiger partial charge is 0.323 e. The Bertz CT molecular complexity index is 448. The van der Waals surface area contributed by atoms with Crippen LogP contribution in [0.4, 0.5) is 0 Å². The molecule has 4 heteroatoms. The summed E-state index contributed by atoms with van der Waals surface area (Å²) in [5.74, 6) is 0.313. The summed E-state index contributed by atoms with van der Waals surface area (Å²) < 4.78 is 4.85. The summed E-state index contributed by atoms with van der Waals surface area (Å²) in [5.41, 5.74) is 2.75. The lowest BCUT2D eigenvalue weighted by Crippen LogP contribution is -2.42. The number of aryl methyl sites for hydroxylation is 2. The van der Waals surface area contributed by atoms with Crippen LogP contribution in [0.1, 0.15) is 37.0 Å². The zero-order valence-corrected chi connectivity index (χ0v) is 13.0. The van der Waals surface area contributed by atoms with Crippen molar-refractivity contribution in [1.29, 1.82) is 0 Å². The Kier molecular flexibility index (Phi) is 6.02. The van der Waals surface area contributed by atoms with Crippen molar-refractivity contribution >= 4 is 5.97 Å². The van der Waals surface area contributed by atoms with E-state index >= 15 is 0 Å².